The number of pyridine rings is 1. The van der Waals surface area contributed by atoms with Crippen LogP contribution < -0.4 is 5.56 Å². The molecule has 0 saturated carbocycles. The van der Waals surface area contributed by atoms with Crippen molar-refractivity contribution in [2.45, 2.75) is 19.4 Å². The van der Waals surface area contributed by atoms with Gasteiger partial charge in [0.15, 0.2) is 0 Å². The summed E-state index contributed by atoms with van der Waals surface area (Å²) in [5.41, 5.74) is -0.143. The first-order chi connectivity index (χ1) is 7.66. The molecule has 0 atom stereocenters. The first-order valence-electron chi connectivity index (χ1n) is 5.30. The maximum Gasteiger partial charge on any atom is 0.251 e. The molecule has 0 spiro atoms. The van der Waals surface area contributed by atoms with E-state index in [9.17, 15) is 9.59 Å². The van der Waals surface area contributed by atoms with Crippen molar-refractivity contribution in [3.8, 4) is 0 Å². The van der Waals surface area contributed by atoms with Gasteiger partial charge >= 0.3 is 0 Å². The topological polar surface area (TPSA) is 42.3 Å². The number of amides is 1. The molecular weight excluding hydrogens is 272 g/mol. The van der Waals surface area contributed by atoms with E-state index >= 15 is 0 Å². The van der Waals surface area contributed by atoms with Crippen LogP contribution in [0, 0.1) is 0 Å². The van der Waals surface area contributed by atoms with Gasteiger partial charge in [0.1, 0.15) is 6.54 Å². The molecule has 2 rings (SSSR count). The van der Waals surface area contributed by atoms with Gasteiger partial charge in [0.05, 0.1) is 0 Å². The second-order valence-electron chi connectivity index (χ2n) is 3.90. The molecule has 5 heteroatoms. The highest BCUT2D eigenvalue weighted by Gasteiger charge is 2.18. The summed E-state index contributed by atoms with van der Waals surface area (Å²) in [5, 5.41) is 0. The SMILES string of the molecule is O=C(Cn1cc(Br)ccc1=O)N1CCCC1. The Labute approximate surface area is 102 Å². The van der Waals surface area contributed by atoms with E-state index in [1.54, 1.807) is 12.3 Å². The van der Waals surface area contributed by atoms with Crippen LogP contribution in [-0.2, 0) is 11.3 Å². The molecular formula is C11H13BrN2O2. The van der Waals surface area contributed by atoms with Crippen LogP contribution in [0.15, 0.2) is 27.6 Å². The van der Waals surface area contributed by atoms with Crippen molar-refractivity contribution in [1.29, 1.82) is 0 Å². The average Bonchev–Trinajstić information content (AvgIpc) is 2.76. The molecule has 1 aliphatic rings. The maximum absolute atomic E-state index is 11.8. The summed E-state index contributed by atoms with van der Waals surface area (Å²) in [7, 11) is 0. The summed E-state index contributed by atoms with van der Waals surface area (Å²) in [6.07, 6.45) is 3.79. The zero-order chi connectivity index (χ0) is 11.5. The van der Waals surface area contributed by atoms with Gasteiger partial charge in [-0.3, -0.25) is 9.59 Å². The Balaban J connectivity index is 2.11. The first-order valence-corrected chi connectivity index (χ1v) is 6.10. The van der Waals surface area contributed by atoms with E-state index in [1.165, 1.54) is 10.6 Å². The predicted octanol–water partition coefficient (Wildman–Crippen LogP) is 1.23. The van der Waals surface area contributed by atoms with Gasteiger partial charge in [-0.2, -0.15) is 0 Å². The number of hydrogen-bond donors (Lipinski definition) is 0. The van der Waals surface area contributed by atoms with Gasteiger partial charge < -0.3 is 9.47 Å². The molecule has 1 aromatic rings. The second-order valence-corrected chi connectivity index (χ2v) is 4.82. The van der Waals surface area contributed by atoms with Crippen LogP contribution in [0.2, 0.25) is 0 Å². The summed E-state index contributed by atoms with van der Waals surface area (Å²) < 4.78 is 2.24. The molecule has 2 heterocycles. The van der Waals surface area contributed by atoms with Crippen LogP contribution in [0.5, 0.6) is 0 Å². The highest BCUT2D eigenvalue weighted by molar-refractivity contribution is 9.10. The number of halogens is 1. The van der Waals surface area contributed by atoms with E-state index in [4.69, 9.17) is 0 Å². The summed E-state index contributed by atoms with van der Waals surface area (Å²) in [4.78, 5) is 25.1. The first kappa shape index (κ1) is 11.4. The van der Waals surface area contributed by atoms with Gasteiger partial charge in [0, 0.05) is 29.8 Å². The van der Waals surface area contributed by atoms with E-state index in [-0.39, 0.29) is 18.0 Å². The van der Waals surface area contributed by atoms with E-state index in [1.807, 2.05) is 4.90 Å². The van der Waals surface area contributed by atoms with Crippen molar-refractivity contribution >= 4 is 21.8 Å². The lowest BCUT2D eigenvalue weighted by Gasteiger charge is -2.15. The van der Waals surface area contributed by atoms with Crippen LogP contribution >= 0.6 is 15.9 Å². The predicted molar refractivity (Wildman–Crippen MR) is 64.2 cm³/mol. The quantitative estimate of drug-likeness (QED) is 0.820. The molecule has 1 saturated heterocycles. The number of carbonyl (C=O) groups excluding carboxylic acids is 1. The molecule has 16 heavy (non-hydrogen) atoms. The number of nitrogens with zero attached hydrogens (tertiary/aromatic N) is 2. The maximum atomic E-state index is 11.8. The highest BCUT2D eigenvalue weighted by atomic mass is 79.9. The number of aromatic nitrogens is 1. The number of carbonyl (C=O) groups is 1. The van der Waals surface area contributed by atoms with Crippen molar-refractivity contribution < 1.29 is 4.79 Å². The lowest BCUT2D eigenvalue weighted by molar-refractivity contribution is -0.130. The number of likely N-dealkylation sites (tertiary alicyclic amines) is 1. The molecule has 4 nitrogen and oxygen atoms in total. The lowest BCUT2D eigenvalue weighted by Crippen LogP contribution is -2.34. The van der Waals surface area contributed by atoms with Crippen LogP contribution in [0.1, 0.15) is 12.8 Å². The van der Waals surface area contributed by atoms with Gasteiger partial charge in [-0.1, -0.05) is 0 Å². The molecule has 86 valence electrons. The Morgan fingerprint density at radius 2 is 2.00 bits per heavy atom. The van der Waals surface area contributed by atoms with Crippen LogP contribution in [0.4, 0.5) is 0 Å². The molecule has 1 fully saturated rings. The standard InChI is InChI=1S/C11H13BrN2O2/c12-9-3-4-10(15)14(7-9)8-11(16)13-5-1-2-6-13/h3-4,7H,1-2,5-6,8H2. The van der Waals surface area contributed by atoms with Crippen LogP contribution in [0.25, 0.3) is 0 Å². The van der Waals surface area contributed by atoms with Gasteiger partial charge in [0.25, 0.3) is 5.56 Å². The van der Waals surface area contributed by atoms with Gasteiger partial charge in [-0.05, 0) is 34.8 Å². The Bertz CT molecular complexity index is 450. The molecule has 1 amide bonds. The number of hydrogen-bond acceptors (Lipinski definition) is 2. The smallest absolute Gasteiger partial charge is 0.251 e. The Hall–Kier alpha value is -1.10. The summed E-state index contributed by atoms with van der Waals surface area (Å²) in [6.45, 7) is 1.78. The van der Waals surface area contributed by atoms with Gasteiger partial charge in [-0.25, -0.2) is 0 Å². The van der Waals surface area contributed by atoms with Gasteiger partial charge in [-0.15, -0.1) is 0 Å². The van der Waals surface area contributed by atoms with E-state index in [0.717, 1.165) is 30.4 Å². The van der Waals surface area contributed by atoms with Crippen molar-refractivity contribution in [2.75, 3.05) is 13.1 Å². The Kier molecular flexibility index (Phi) is 3.43. The molecule has 1 aromatic heterocycles. The highest BCUT2D eigenvalue weighted by Crippen LogP contribution is 2.09. The minimum Gasteiger partial charge on any atom is -0.341 e. The third kappa shape index (κ3) is 2.52. The van der Waals surface area contributed by atoms with E-state index in [2.05, 4.69) is 15.9 Å². The molecule has 0 aromatic carbocycles. The molecule has 1 aliphatic heterocycles. The zero-order valence-corrected chi connectivity index (χ0v) is 10.4. The lowest BCUT2D eigenvalue weighted by atomic mass is 10.4. The minimum absolute atomic E-state index is 0.0256. The molecule has 0 N–H and O–H groups in total. The largest absolute Gasteiger partial charge is 0.341 e. The fraction of sp³-hybridized carbons (Fsp3) is 0.455. The molecule has 0 aliphatic carbocycles. The second kappa shape index (κ2) is 4.82. The molecule has 0 bridgehead atoms. The minimum atomic E-state index is -0.143. The molecule has 0 radical (unpaired) electrons. The van der Waals surface area contributed by atoms with Crippen molar-refractivity contribution in [2.24, 2.45) is 0 Å². The summed E-state index contributed by atoms with van der Waals surface area (Å²) in [6, 6.07) is 3.14. The number of rotatable bonds is 2. The normalized spacial score (nSPS) is 15.4. The van der Waals surface area contributed by atoms with E-state index in [0.29, 0.717) is 0 Å². The zero-order valence-electron chi connectivity index (χ0n) is 8.86. The van der Waals surface area contributed by atoms with Crippen LogP contribution in [0.3, 0.4) is 0 Å². The van der Waals surface area contributed by atoms with Crippen molar-refractivity contribution in [3.63, 3.8) is 0 Å². The third-order valence-electron chi connectivity index (χ3n) is 2.71. The fourth-order valence-electron chi connectivity index (χ4n) is 1.84. The monoisotopic (exact) mass is 284 g/mol. The summed E-state index contributed by atoms with van der Waals surface area (Å²) in [5.74, 6) is 0.0256. The van der Waals surface area contributed by atoms with Crippen molar-refractivity contribution in [1.82, 2.24) is 9.47 Å². The Morgan fingerprint density at radius 3 is 2.69 bits per heavy atom. The Morgan fingerprint density at radius 1 is 1.31 bits per heavy atom. The van der Waals surface area contributed by atoms with Crippen LogP contribution in [-0.4, -0.2) is 28.5 Å². The third-order valence-corrected chi connectivity index (χ3v) is 3.18. The van der Waals surface area contributed by atoms with Crippen molar-refractivity contribution in [3.05, 3.63) is 33.2 Å². The van der Waals surface area contributed by atoms with E-state index < -0.39 is 0 Å². The van der Waals surface area contributed by atoms with Gasteiger partial charge in [0.2, 0.25) is 5.91 Å². The average molecular weight is 285 g/mol. The fourth-order valence-corrected chi connectivity index (χ4v) is 2.22. The molecule has 0 unspecified atom stereocenters. The summed E-state index contributed by atoms with van der Waals surface area (Å²) >= 11 is 3.29.